The summed E-state index contributed by atoms with van der Waals surface area (Å²) < 4.78 is 66.4. The lowest BCUT2D eigenvalue weighted by Gasteiger charge is -2.25. The average Bonchev–Trinajstić information content (AvgIpc) is 3.72. The number of furan rings is 1. The van der Waals surface area contributed by atoms with E-state index in [0.717, 1.165) is 16.1 Å². The highest BCUT2D eigenvalue weighted by Crippen LogP contribution is 2.42. The van der Waals surface area contributed by atoms with Crippen LogP contribution in [-0.4, -0.2) is 74.2 Å². The zero-order valence-electron chi connectivity index (χ0n) is 28.4. The lowest BCUT2D eigenvalue weighted by Crippen LogP contribution is -2.41. The molecule has 2 heterocycles. The fourth-order valence-electron chi connectivity index (χ4n) is 6.44. The minimum absolute atomic E-state index is 0.00976. The first-order valence-electron chi connectivity index (χ1n) is 16.6. The first-order valence-corrected chi connectivity index (χ1v) is 18.5. The maximum Gasteiger partial charge on any atom is 0.329 e. The Labute approximate surface area is 299 Å². The first-order chi connectivity index (χ1) is 24.9. The Morgan fingerprint density at radius 2 is 1.71 bits per heavy atom. The number of nitrogens with zero attached hydrogens (tertiary/aromatic N) is 2. The summed E-state index contributed by atoms with van der Waals surface area (Å²) in [5, 5.41) is 10.8. The topological polar surface area (TPSA) is 134 Å². The molecule has 0 radical (unpaired) electrons. The molecule has 13 heteroatoms. The highest BCUT2D eigenvalue weighted by Gasteiger charge is 2.40. The molecule has 270 valence electrons. The number of carbonyl (C=O) groups is 3. The molecule has 1 aromatic heterocycles. The molecule has 10 nitrogen and oxygen atoms in total. The molecule has 52 heavy (non-hydrogen) atoms. The number of fused-ring (bicyclic) bond motifs is 1. The van der Waals surface area contributed by atoms with E-state index in [0.29, 0.717) is 16.5 Å². The van der Waals surface area contributed by atoms with Gasteiger partial charge in [-0.2, -0.15) is 0 Å². The van der Waals surface area contributed by atoms with Gasteiger partial charge in [0.15, 0.2) is 5.78 Å². The van der Waals surface area contributed by atoms with Crippen LogP contribution in [0, 0.1) is 5.82 Å². The number of sulfonamides is 1. The summed E-state index contributed by atoms with van der Waals surface area (Å²) in [7, 11) is -4.06. The number of β-amino-alcohol motifs (C(OH)–C–C–N with tert-alkyl or cyclic N) is 1. The Morgan fingerprint density at radius 1 is 0.981 bits per heavy atom. The number of aliphatic hydroxyl groups excluding tert-OH is 1. The third-order valence-corrected chi connectivity index (χ3v) is 10.1. The number of esters is 1. The molecular weight excluding hydrogens is 694 g/mol. The molecule has 1 unspecified atom stereocenters. The van der Waals surface area contributed by atoms with Crippen LogP contribution in [0.15, 0.2) is 95.4 Å². The summed E-state index contributed by atoms with van der Waals surface area (Å²) in [5.41, 5.74) is 2.26. The largest absolute Gasteiger partial charge is 0.459 e. The lowest BCUT2D eigenvalue weighted by atomic mass is 9.95. The van der Waals surface area contributed by atoms with E-state index in [1.54, 1.807) is 49.4 Å². The van der Waals surface area contributed by atoms with Crippen molar-refractivity contribution in [2.75, 3.05) is 30.3 Å². The number of hydrogen-bond donors (Lipinski definition) is 1. The first kappa shape index (κ1) is 36.4. The van der Waals surface area contributed by atoms with Gasteiger partial charge >= 0.3 is 5.97 Å². The average molecular weight is 731 g/mol. The highest BCUT2D eigenvalue weighted by atomic mass is 32.2. The molecule has 1 aliphatic heterocycles. The van der Waals surface area contributed by atoms with Crippen LogP contribution < -0.4 is 4.31 Å². The van der Waals surface area contributed by atoms with E-state index >= 15 is 0 Å². The maximum atomic E-state index is 14.0. The Balaban J connectivity index is 1.45. The van der Waals surface area contributed by atoms with Crippen LogP contribution in [0.5, 0.6) is 0 Å². The Kier molecular flexibility index (Phi) is 10.5. The molecular formula is C39H36F2N2O8S. The van der Waals surface area contributed by atoms with Crippen molar-refractivity contribution >= 4 is 44.3 Å². The summed E-state index contributed by atoms with van der Waals surface area (Å²) in [6.45, 7) is 0.00550. The van der Waals surface area contributed by atoms with Gasteiger partial charge in [-0.05, 0) is 53.6 Å². The van der Waals surface area contributed by atoms with E-state index < -0.39 is 53.1 Å². The smallest absolute Gasteiger partial charge is 0.329 e. The molecule has 6 rings (SSSR count). The quantitative estimate of drug-likeness (QED) is 0.113. The van der Waals surface area contributed by atoms with Crippen molar-refractivity contribution in [3.8, 4) is 22.5 Å². The number of ketones is 1. The molecule has 0 spiro atoms. The number of anilines is 1. The van der Waals surface area contributed by atoms with Crippen LogP contribution in [-0.2, 0) is 26.2 Å². The summed E-state index contributed by atoms with van der Waals surface area (Å²) in [5.74, 6) is -1.87. The number of halogens is 2. The summed E-state index contributed by atoms with van der Waals surface area (Å²) >= 11 is 0. The van der Waals surface area contributed by atoms with Gasteiger partial charge in [-0.3, -0.25) is 13.9 Å². The van der Waals surface area contributed by atoms with Crippen LogP contribution in [0.25, 0.3) is 33.4 Å². The molecule has 0 saturated carbocycles. The Bertz CT molecular complexity index is 2240. The normalized spacial score (nSPS) is 15.9. The van der Waals surface area contributed by atoms with Crippen molar-refractivity contribution < 1.29 is 45.8 Å². The van der Waals surface area contributed by atoms with Crippen molar-refractivity contribution in [2.24, 2.45) is 0 Å². The van der Waals surface area contributed by atoms with Crippen LogP contribution in [0.4, 0.5) is 14.5 Å². The fraction of sp³-hybridized carbons (Fsp3) is 0.256. The van der Waals surface area contributed by atoms with Gasteiger partial charge in [0.1, 0.15) is 36.5 Å². The lowest BCUT2D eigenvalue weighted by molar-refractivity contribution is -0.149. The molecule has 5 aromatic rings. The van der Waals surface area contributed by atoms with E-state index in [9.17, 15) is 36.7 Å². The highest BCUT2D eigenvalue weighted by molar-refractivity contribution is 7.92. The fourth-order valence-corrected chi connectivity index (χ4v) is 7.35. The summed E-state index contributed by atoms with van der Waals surface area (Å²) in [6.07, 6.45) is 0.0464. The third kappa shape index (κ3) is 7.46. The number of likely N-dealkylation sites (tertiary alicyclic amines) is 1. The number of hydrogen-bond acceptors (Lipinski definition) is 8. The number of amides is 1. The summed E-state index contributed by atoms with van der Waals surface area (Å²) in [6, 6.07) is 22.5. The van der Waals surface area contributed by atoms with Gasteiger partial charge in [-0.15, -0.1) is 0 Å². The maximum absolute atomic E-state index is 14.0. The number of rotatable bonds is 12. The zero-order valence-corrected chi connectivity index (χ0v) is 29.2. The van der Waals surface area contributed by atoms with E-state index in [4.69, 9.17) is 9.15 Å². The Morgan fingerprint density at radius 3 is 2.38 bits per heavy atom. The van der Waals surface area contributed by atoms with Crippen LogP contribution in [0.3, 0.4) is 0 Å². The SMILES string of the molecule is CCC(=O)c1c(-c2ccc(F)cc2)oc2cc(N(CCF)S(C)(=O)=O)c(-c3cccc(C(=O)N4CC(O)C[C@H]4C(=O)OCc4ccccc4)c3)cc12. The van der Waals surface area contributed by atoms with Crippen LogP contribution >= 0.6 is 0 Å². The second-order valence-electron chi connectivity index (χ2n) is 12.5. The monoisotopic (exact) mass is 730 g/mol. The molecule has 0 aliphatic carbocycles. The molecule has 4 aromatic carbocycles. The van der Waals surface area contributed by atoms with Gasteiger partial charge in [0.25, 0.3) is 5.91 Å². The van der Waals surface area contributed by atoms with Gasteiger partial charge in [-0.25, -0.2) is 22.0 Å². The van der Waals surface area contributed by atoms with E-state index in [1.165, 1.54) is 47.4 Å². The molecule has 1 N–H and O–H groups in total. The van der Waals surface area contributed by atoms with Crippen LogP contribution in [0.1, 0.15) is 46.0 Å². The van der Waals surface area contributed by atoms with Crippen molar-refractivity contribution in [3.63, 3.8) is 0 Å². The predicted molar refractivity (Wildman–Crippen MR) is 192 cm³/mol. The number of aliphatic hydroxyl groups is 1. The minimum Gasteiger partial charge on any atom is -0.459 e. The molecule has 1 fully saturated rings. The minimum atomic E-state index is -4.06. The number of benzene rings is 4. The van der Waals surface area contributed by atoms with Gasteiger partial charge < -0.3 is 19.2 Å². The Hall–Kier alpha value is -5.40. The number of alkyl halides is 1. The standard InChI is InChI=1S/C39H36F2N2O8S/c1-3-34(45)36-31-20-30(32(43(17-16-40)52(2,48)49)21-35(31)51-37(36)25-12-14-28(41)15-13-25)26-10-7-11-27(18-26)38(46)42-22-29(44)19-33(42)39(47)50-23-24-8-5-4-6-9-24/h4-15,18,20-21,29,33,44H,3,16-17,19,22-23H2,1-2H3/t29?,33-/m0/s1. The molecule has 2 atom stereocenters. The zero-order chi connectivity index (χ0) is 37.2. The van der Waals surface area contributed by atoms with Crippen LogP contribution in [0.2, 0.25) is 0 Å². The van der Waals surface area contributed by atoms with Crippen molar-refractivity contribution in [1.29, 1.82) is 0 Å². The van der Waals surface area contributed by atoms with Crippen molar-refractivity contribution in [1.82, 2.24) is 4.90 Å². The second-order valence-corrected chi connectivity index (χ2v) is 14.4. The van der Waals surface area contributed by atoms with Crippen molar-refractivity contribution in [2.45, 2.75) is 38.5 Å². The van der Waals surface area contributed by atoms with Gasteiger partial charge in [0.05, 0.1) is 30.2 Å². The van der Waals surface area contributed by atoms with Gasteiger partial charge in [-0.1, -0.05) is 49.4 Å². The molecule has 1 saturated heterocycles. The third-order valence-electron chi connectivity index (χ3n) is 8.93. The number of carbonyl (C=O) groups excluding carboxylic acids is 3. The molecule has 1 aliphatic rings. The molecule has 1 amide bonds. The van der Waals surface area contributed by atoms with Gasteiger partial charge in [0, 0.05) is 47.5 Å². The predicted octanol–water partition coefficient (Wildman–Crippen LogP) is 6.55. The van der Waals surface area contributed by atoms with E-state index in [2.05, 4.69) is 0 Å². The summed E-state index contributed by atoms with van der Waals surface area (Å²) in [4.78, 5) is 41.8. The van der Waals surface area contributed by atoms with Crippen molar-refractivity contribution in [3.05, 3.63) is 114 Å². The second kappa shape index (κ2) is 15.1. The van der Waals surface area contributed by atoms with Gasteiger partial charge in [0.2, 0.25) is 10.0 Å². The number of Topliss-reactive ketones (excluding diaryl/α,β-unsaturated/α-hetero) is 1. The number of ether oxygens (including phenoxy) is 1. The van der Waals surface area contributed by atoms with E-state index in [-0.39, 0.29) is 65.5 Å². The van der Waals surface area contributed by atoms with E-state index in [1.807, 2.05) is 6.07 Å². The molecule has 0 bridgehead atoms.